The SMILES string of the molecule is COc1ccc(CN2CC(c3ccc(Cc4ccc(F)cc4)cn3)=C(O)C2=O)cc1. The highest BCUT2D eigenvalue weighted by molar-refractivity contribution is 6.03. The number of hydrogen-bond donors (Lipinski definition) is 1. The molecule has 0 saturated heterocycles. The fraction of sp³-hybridized carbons (Fsp3) is 0.167. The van der Waals surface area contributed by atoms with E-state index < -0.39 is 5.91 Å². The summed E-state index contributed by atoms with van der Waals surface area (Å²) in [6, 6.07) is 17.5. The highest BCUT2D eigenvalue weighted by Crippen LogP contribution is 2.27. The number of ether oxygens (including phenoxy) is 1. The van der Waals surface area contributed by atoms with E-state index in [0.29, 0.717) is 30.8 Å². The number of nitrogens with zero attached hydrogens (tertiary/aromatic N) is 2. The van der Waals surface area contributed by atoms with E-state index in [1.54, 1.807) is 36.4 Å². The van der Waals surface area contributed by atoms with E-state index in [-0.39, 0.29) is 11.6 Å². The van der Waals surface area contributed by atoms with Crippen LogP contribution in [0.15, 0.2) is 72.6 Å². The minimum atomic E-state index is -0.405. The predicted octanol–water partition coefficient (Wildman–Crippen LogP) is 4.13. The third-order valence-corrected chi connectivity index (χ3v) is 5.11. The number of halogens is 1. The summed E-state index contributed by atoms with van der Waals surface area (Å²) in [5.41, 5.74) is 3.98. The lowest BCUT2D eigenvalue weighted by atomic mass is 10.1. The molecule has 0 radical (unpaired) electrons. The van der Waals surface area contributed by atoms with Gasteiger partial charge < -0.3 is 14.7 Å². The Labute approximate surface area is 174 Å². The molecule has 30 heavy (non-hydrogen) atoms. The molecule has 0 spiro atoms. The number of aromatic nitrogens is 1. The standard InChI is InChI=1S/C24H21FN2O3/c1-30-20-9-4-17(5-10-20)14-27-15-21(23(28)24(27)29)22-11-6-18(13-26-22)12-16-2-7-19(25)8-3-16/h2-11,13,28H,12,14-15H2,1H3. The molecule has 5 nitrogen and oxygen atoms in total. The monoisotopic (exact) mass is 404 g/mol. The molecule has 6 heteroatoms. The quantitative estimate of drug-likeness (QED) is 0.671. The Morgan fingerprint density at radius 2 is 1.67 bits per heavy atom. The van der Waals surface area contributed by atoms with E-state index in [1.807, 2.05) is 30.3 Å². The van der Waals surface area contributed by atoms with Crippen LogP contribution in [0.25, 0.3) is 5.57 Å². The maximum absolute atomic E-state index is 13.0. The summed E-state index contributed by atoms with van der Waals surface area (Å²) >= 11 is 0. The summed E-state index contributed by atoms with van der Waals surface area (Å²) in [5, 5.41) is 10.4. The van der Waals surface area contributed by atoms with E-state index in [0.717, 1.165) is 22.4 Å². The Balaban J connectivity index is 1.45. The number of rotatable bonds is 6. The third kappa shape index (κ3) is 4.17. The van der Waals surface area contributed by atoms with Crippen molar-refractivity contribution in [2.24, 2.45) is 0 Å². The highest BCUT2D eigenvalue weighted by atomic mass is 19.1. The van der Waals surface area contributed by atoms with Gasteiger partial charge in [-0.3, -0.25) is 9.78 Å². The van der Waals surface area contributed by atoms with E-state index in [4.69, 9.17) is 4.74 Å². The zero-order valence-corrected chi connectivity index (χ0v) is 16.5. The maximum atomic E-state index is 13.0. The van der Waals surface area contributed by atoms with Crippen molar-refractivity contribution in [1.29, 1.82) is 0 Å². The second-order valence-electron chi connectivity index (χ2n) is 7.19. The fourth-order valence-electron chi connectivity index (χ4n) is 3.44. The molecular weight excluding hydrogens is 383 g/mol. The number of methoxy groups -OCH3 is 1. The van der Waals surface area contributed by atoms with E-state index in [1.165, 1.54) is 12.1 Å². The smallest absolute Gasteiger partial charge is 0.289 e. The Morgan fingerprint density at radius 1 is 1.00 bits per heavy atom. The van der Waals surface area contributed by atoms with Gasteiger partial charge in [0.2, 0.25) is 0 Å². The molecule has 0 saturated carbocycles. The molecule has 0 aliphatic carbocycles. The number of aliphatic hydroxyl groups is 1. The van der Waals surface area contributed by atoms with Crippen LogP contribution in [0.1, 0.15) is 22.4 Å². The molecule has 152 valence electrons. The van der Waals surface area contributed by atoms with E-state index in [9.17, 15) is 14.3 Å². The van der Waals surface area contributed by atoms with E-state index in [2.05, 4.69) is 4.98 Å². The average Bonchev–Trinajstić information content (AvgIpc) is 3.05. The first kappa shape index (κ1) is 19.6. The van der Waals surface area contributed by atoms with Gasteiger partial charge in [0.15, 0.2) is 5.76 Å². The van der Waals surface area contributed by atoms with Gasteiger partial charge in [0.25, 0.3) is 5.91 Å². The highest BCUT2D eigenvalue weighted by Gasteiger charge is 2.31. The van der Waals surface area contributed by atoms with Gasteiger partial charge in [-0.1, -0.05) is 30.3 Å². The van der Waals surface area contributed by atoms with Gasteiger partial charge in [-0.2, -0.15) is 0 Å². The summed E-state index contributed by atoms with van der Waals surface area (Å²) in [7, 11) is 1.60. The molecule has 0 bridgehead atoms. The third-order valence-electron chi connectivity index (χ3n) is 5.11. The van der Waals surface area contributed by atoms with Gasteiger partial charge >= 0.3 is 0 Å². The van der Waals surface area contributed by atoms with Gasteiger partial charge in [0, 0.05) is 18.3 Å². The van der Waals surface area contributed by atoms with Gasteiger partial charge in [-0.15, -0.1) is 0 Å². The van der Waals surface area contributed by atoms with Crippen molar-refractivity contribution < 1.29 is 19.0 Å². The lowest BCUT2D eigenvalue weighted by Crippen LogP contribution is -2.26. The van der Waals surface area contributed by atoms with Crippen molar-refractivity contribution in [2.45, 2.75) is 13.0 Å². The first-order valence-electron chi connectivity index (χ1n) is 9.57. The van der Waals surface area contributed by atoms with Gasteiger partial charge in [-0.05, 0) is 53.4 Å². The molecule has 1 amide bonds. The topological polar surface area (TPSA) is 62.7 Å². The van der Waals surface area contributed by atoms with Crippen LogP contribution < -0.4 is 4.74 Å². The van der Waals surface area contributed by atoms with Crippen molar-refractivity contribution in [3.63, 3.8) is 0 Å². The van der Waals surface area contributed by atoms with Crippen LogP contribution in [0, 0.1) is 5.82 Å². The molecule has 1 aliphatic heterocycles. The number of aliphatic hydroxyl groups excluding tert-OH is 1. The normalized spacial score (nSPS) is 13.8. The Morgan fingerprint density at radius 3 is 2.30 bits per heavy atom. The molecule has 3 aromatic rings. The van der Waals surface area contributed by atoms with Crippen LogP contribution in [0.2, 0.25) is 0 Å². The van der Waals surface area contributed by atoms with Crippen LogP contribution >= 0.6 is 0 Å². The molecule has 0 unspecified atom stereocenters. The summed E-state index contributed by atoms with van der Waals surface area (Å²) in [6.45, 7) is 0.681. The molecule has 4 rings (SSSR count). The van der Waals surface area contributed by atoms with Gasteiger partial charge in [0.05, 0.1) is 19.3 Å². The van der Waals surface area contributed by atoms with Crippen molar-refractivity contribution >= 4 is 11.5 Å². The number of pyridine rings is 1. The second-order valence-corrected chi connectivity index (χ2v) is 7.19. The van der Waals surface area contributed by atoms with Crippen molar-refractivity contribution in [3.05, 3.63) is 101 Å². The Bertz CT molecular complexity index is 1070. The van der Waals surface area contributed by atoms with Crippen LogP contribution in [-0.4, -0.2) is 34.6 Å². The summed E-state index contributed by atoms with van der Waals surface area (Å²) in [6.07, 6.45) is 2.34. The van der Waals surface area contributed by atoms with E-state index >= 15 is 0 Å². The van der Waals surface area contributed by atoms with Crippen LogP contribution in [0.5, 0.6) is 5.75 Å². The van der Waals surface area contributed by atoms with Crippen LogP contribution in [0.3, 0.4) is 0 Å². The molecule has 2 heterocycles. The minimum Gasteiger partial charge on any atom is -0.503 e. The molecule has 1 N–H and O–H groups in total. The van der Waals surface area contributed by atoms with Crippen molar-refractivity contribution in [3.8, 4) is 5.75 Å². The lowest BCUT2D eigenvalue weighted by Gasteiger charge is -2.16. The Kier molecular flexibility index (Phi) is 5.48. The zero-order chi connectivity index (χ0) is 21.1. The molecule has 2 aromatic carbocycles. The van der Waals surface area contributed by atoms with Gasteiger partial charge in [0.1, 0.15) is 11.6 Å². The molecule has 0 fully saturated rings. The zero-order valence-electron chi connectivity index (χ0n) is 16.5. The van der Waals surface area contributed by atoms with Crippen molar-refractivity contribution in [2.75, 3.05) is 13.7 Å². The van der Waals surface area contributed by atoms with Crippen LogP contribution in [0.4, 0.5) is 4.39 Å². The second kappa shape index (κ2) is 8.37. The average molecular weight is 404 g/mol. The summed E-state index contributed by atoms with van der Waals surface area (Å²) < 4.78 is 18.2. The first-order valence-corrected chi connectivity index (χ1v) is 9.57. The predicted molar refractivity (Wildman–Crippen MR) is 111 cm³/mol. The number of carbonyl (C=O) groups excluding carboxylic acids is 1. The maximum Gasteiger partial charge on any atom is 0.289 e. The summed E-state index contributed by atoms with van der Waals surface area (Å²) in [5.74, 6) is -0.182. The van der Waals surface area contributed by atoms with Crippen LogP contribution in [-0.2, 0) is 17.8 Å². The molecular formula is C24H21FN2O3. The first-order chi connectivity index (χ1) is 14.5. The van der Waals surface area contributed by atoms with Gasteiger partial charge in [-0.25, -0.2) is 4.39 Å². The Hall–Kier alpha value is -3.67. The number of carbonyl (C=O) groups is 1. The largest absolute Gasteiger partial charge is 0.503 e. The fourth-order valence-corrected chi connectivity index (χ4v) is 3.44. The molecule has 1 aromatic heterocycles. The number of hydrogen-bond acceptors (Lipinski definition) is 4. The number of amides is 1. The lowest BCUT2D eigenvalue weighted by molar-refractivity contribution is -0.128. The molecule has 0 atom stereocenters. The minimum absolute atomic E-state index is 0.262. The number of benzene rings is 2. The summed E-state index contributed by atoms with van der Waals surface area (Å²) in [4.78, 5) is 18.5. The van der Waals surface area contributed by atoms with Crippen molar-refractivity contribution in [1.82, 2.24) is 9.88 Å². The molecule has 1 aliphatic rings.